The Hall–Kier alpha value is -1.64. The van der Waals surface area contributed by atoms with Crippen molar-refractivity contribution in [1.29, 1.82) is 0 Å². The summed E-state index contributed by atoms with van der Waals surface area (Å²) in [5, 5.41) is 8.55. The van der Waals surface area contributed by atoms with Gasteiger partial charge in [-0.2, -0.15) is 0 Å². The summed E-state index contributed by atoms with van der Waals surface area (Å²) in [6.45, 7) is 0. The molecule has 1 heterocycles. The molecule has 56 valence electrons. The third-order valence-electron chi connectivity index (χ3n) is 1.15. The number of hydrogen-bond acceptors (Lipinski definition) is 2. The van der Waals surface area contributed by atoms with Gasteiger partial charge in [-0.1, -0.05) is 6.08 Å². The number of aliphatic imine (C=N–C) groups is 1. The van der Waals surface area contributed by atoms with Crippen LogP contribution in [0.2, 0.25) is 0 Å². The van der Waals surface area contributed by atoms with Gasteiger partial charge in [0.2, 0.25) is 0 Å². The molecule has 11 heavy (non-hydrogen) atoms. The van der Waals surface area contributed by atoms with Crippen molar-refractivity contribution in [3.8, 4) is 0 Å². The lowest BCUT2D eigenvalue weighted by molar-refractivity contribution is -0.132. The van der Waals surface area contributed by atoms with Gasteiger partial charge in [0.25, 0.3) is 0 Å². The molecule has 0 saturated heterocycles. The third kappa shape index (κ3) is 2.21. The average Bonchev–Trinajstić information content (AvgIpc) is 1.84. The molecule has 0 amide bonds. The zero-order valence-corrected chi connectivity index (χ0v) is 5.77. The molecule has 0 aromatic heterocycles. The molecular weight excluding hydrogens is 142 g/mol. The van der Waals surface area contributed by atoms with E-state index in [1.165, 1.54) is 18.4 Å². The van der Waals surface area contributed by atoms with Crippen LogP contribution in [0.15, 0.2) is 41.1 Å². The van der Waals surface area contributed by atoms with E-state index in [1.807, 2.05) is 0 Å². The first-order valence-electron chi connectivity index (χ1n) is 3.10. The lowest BCUT2D eigenvalue weighted by Crippen LogP contribution is -1.97. The Morgan fingerprint density at radius 2 is 2.27 bits per heavy atom. The minimum absolute atomic E-state index is 0.234. The Bertz CT molecular complexity index is 272. The molecule has 0 saturated carbocycles. The van der Waals surface area contributed by atoms with Gasteiger partial charge in [-0.3, -0.25) is 4.99 Å². The predicted molar refractivity (Wildman–Crippen MR) is 42.5 cm³/mol. The lowest BCUT2D eigenvalue weighted by atomic mass is 10.2. The second kappa shape index (κ2) is 3.51. The molecule has 0 fully saturated rings. The number of allylic oxidation sites excluding steroid dienone is 3. The molecule has 1 N–H and O–H groups in total. The van der Waals surface area contributed by atoms with Gasteiger partial charge in [0, 0.05) is 12.4 Å². The van der Waals surface area contributed by atoms with E-state index in [2.05, 4.69) is 4.99 Å². The van der Waals surface area contributed by atoms with E-state index in [0.717, 1.165) is 0 Å². The van der Waals surface area contributed by atoms with Gasteiger partial charge in [0.1, 0.15) is 0 Å². The zero-order valence-electron chi connectivity index (χ0n) is 5.77. The molecule has 0 aromatic rings. The van der Waals surface area contributed by atoms with Crippen LogP contribution in [0, 0.1) is 0 Å². The van der Waals surface area contributed by atoms with Gasteiger partial charge in [0.15, 0.2) is 0 Å². The Labute approximate surface area is 64.1 Å². The molecule has 0 spiro atoms. The minimum atomic E-state index is -0.942. The number of carbonyl (C=O) groups is 1. The first-order valence-corrected chi connectivity index (χ1v) is 3.10. The summed E-state index contributed by atoms with van der Waals surface area (Å²) in [6, 6.07) is 0. The first kappa shape index (κ1) is 7.47. The number of aliphatic carboxylic acids is 1. The van der Waals surface area contributed by atoms with E-state index in [4.69, 9.17) is 5.11 Å². The maximum absolute atomic E-state index is 10.4. The number of nitrogens with zero attached hydrogens (tertiary/aromatic N) is 1. The van der Waals surface area contributed by atoms with Crippen LogP contribution < -0.4 is 0 Å². The molecule has 0 aliphatic carbocycles. The highest BCUT2D eigenvalue weighted by molar-refractivity contribution is 5.95. The fourth-order valence-corrected chi connectivity index (χ4v) is 0.630. The van der Waals surface area contributed by atoms with Crippen LogP contribution in [0.4, 0.5) is 0 Å². The van der Waals surface area contributed by atoms with E-state index in [-0.39, 0.29) is 5.57 Å². The summed E-state index contributed by atoms with van der Waals surface area (Å²) in [5.41, 5.74) is 0.234. The van der Waals surface area contributed by atoms with E-state index in [0.29, 0.717) is 0 Å². The third-order valence-corrected chi connectivity index (χ3v) is 1.15. The monoisotopic (exact) mass is 149 g/mol. The molecular formula is C8H7NO2. The summed E-state index contributed by atoms with van der Waals surface area (Å²) in [5.74, 6) is -0.942. The Morgan fingerprint density at radius 1 is 1.45 bits per heavy atom. The van der Waals surface area contributed by atoms with E-state index >= 15 is 0 Å². The van der Waals surface area contributed by atoms with Crippen LogP contribution >= 0.6 is 0 Å². The number of hydrogen-bond donors (Lipinski definition) is 1. The Balaban J connectivity index is 2.87. The SMILES string of the molecule is O=C(O)C1=CC=N/C=C\C=C1. The normalized spacial score (nSPS) is 18.4. The van der Waals surface area contributed by atoms with Crippen molar-refractivity contribution in [2.45, 2.75) is 0 Å². The van der Waals surface area contributed by atoms with Crippen LogP contribution in [0.5, 0.6) is 0 Å². The summed E-state index contributed by atoms with van der Waals surface area (Å²) < 4.78 is 0. The molecule has 1 aliphatic heterocycles. The molecule has 0 unspecified atom stereocenters. The summed E-state index contributed by atoms with van der Waals surface area (Å²) in [7, 11) is 0. The Morgan fingerprint density at radius 3 is 3.00 bits per heavy atom. The second-order valence-corrected chi connectivity index (χ2v) is 1.93. The first-order chi connectivity index (χ1) is 5.30. The summed E-state index contributed by atoms with van der Waals surface area (Å²) >= 11 is 0. The predicted octanol–water partition coefficient (Wildman–Crippen LogP) is 1.15. The largest absolute Gasteiger partial charge is 0.478 e. The standard InChI is InChI=1S/C8H7NO2/c10-8(11)7-3-1-2-5-9-6-4-7/h1-6H,(H,10,11)/b2-1?,3-1?,5-2-,6-4?,7-3?,7-4?,9-5?,9-6?. The maximum atomic E-state index is 10.4. The van der Waals surface area contributed by atoms with Crippen molar-refractivity contribution in [2.75, 3.05) is 0 Å². The molecule has 0 aromatic carbocycles. The quantitative estimate of drug-likeness (QED) is 0.608. The van der Waals surface area contributed by atoms with E-state index in [9.17, 15) is 4.79 Å². The van der Waals surface area contributed by atoms with E-state index < -0.39 is 5.97 Å². The van der Waals surface area contributed by atoms with Crippen molar-refractivity contribution in [2.24, 2.45) is 4.99 Å². The van der Waals surface area contributed by atoms with Gasteiger partial charge in [-0.05, 0) is 18.2 Å². The molecule has 1 rings (SSSR count). The van der Waals surface area contributed by atoms with Gasteiger partial charge >= 0.3 is 5.97 Å². The molecule has 0 bridgehead atoms. The highest BCUT2D eigenvalue weighted by Gasteiger charge is 2.00. The highest BCUT2D eigenvalue weighted by Crippen LogP contribution is 1.98. The van der Waals surface area contributed by atoms with Crippen molar-refractivity contribution in [3.63, 3.8) is 0 Å². The van der Waals surface area contributed by atoms with Gasteiger partial charge in [-0.25, -0.2) is 4.79 Å². The van der Waals surface area contributed by atoms with Gasteiger partial charge < -0.3 is 5.11 Å². The van der Waals surface area contributed by atoms with Crippen LogP contribution in [0.25, 0.3) is 0 Å². The smallest absolute Gasteiger partial charge is 0.335 e. The number of carboxylic acids is 1. The maximum Gasteiger partial charge on any atom is 0.335 e. The van der Waals surface area contributed by atoms with Crippen LogP contribution in [-0.4, -0.2) is 17.3 Å². The molecule has 1 aliphatic rings. The number of rotatable bonds is 1. The molecule has 0 atom stereocenters. The molecule has 0 radical (unpaired) electrons. The highest BCUT2D eigenvalue weighted by atomic mass is 16.4. The fourth-order valence-electron chi connectivity index (χ4n) is 0.630. The van der Waals surface area contributed by atoms with Crippen molar-refractivity contribution >= 4 is 12.2 Å². The van der Waals surface area contributed by atoms with Crippen molar-refractivity contribution < 1.29 is 9.90 Å². The molecule has 3 heteroatoms. The zero-order chi connectivity index (χ0) is 8.10. The van der Waals surface area contributed by atoms with E-state index in [1.54, 1.807) is 18.4 Å². The van der Waals surface area contributed by atoms with Crippen LogP contribution in [0.3, 0.4) is 0 Å². The molecule has 3 nitrogen and oxygen atoms in total. The van der Waals surface area contributed by atoms with Crippen LogP contribution in [0.1, 0.15) is 0 Å². The van der Waals surface area contributed by atoms with Crippen molar-refractivity contribution in [3.05, 3.63) is 36.1 Å². The van der Waals surface area contributed by atoms with Crippen molar-refractivity contribution in [1.82, 2.24) is 0 Å². The summed E-state index contributed by atoms with van der Waals surface area (Å²) in [4.78, 5) is 14.2. The second-order valence-electron chi connectivity index (χ2n) is 1.93. The fraction of sp³-hybridized carbons (Fsp3) is 0. The Kier molecular flexibility index (Phi) is 2.38. The number of carboxylic acid groups (broad SMARTS) is 1. The van der Waals surface area contributed by atoms with Gasteiger partial charge in [-0.15, -0.1) is 0 Å². The van der Waals surface area contributed by atoms with Crippen LogP contribution in [-0.2, 0) is 4.79 Å². The van der Waals surface area contributed by atoms with Gasteiger partial charge in [0.05, 0.1) is 5.57 Å². The summed E-state index contributed by atoms with van der Waals surface area (Å²) in [6.07, 6.45) is 9.31. The minimum Gasteiger partial charge on any atom is -0.478 e. The average molecular weight is 149 g/mol. The lowest BCUT2D eigenvalue weighted by Gasteiger charge is -1.91. The topological polar surface area (TPSA) is 49.7 Å².